The van der Waals surface area contributed by atoms with E-state index in [-0.39, 0.29) is 0 Å². The van der Waals surface area contributed by atoms with Crippen LogP contribution in [0.15, 0.2) is 200 Å². The predicted molar refractivity (Wildman–Crippen MR) is 215 cm³/mol. The minimum Gasteiger partial charge on any atom is -0.310 e. The third-order valence-electron chi connectivity index (χ3n) is 10.1. The van der Waals surface area contributed by atoms with Gasteiger partial charge in [0.15, 0.2) is 0 Å². The van der Waals surface area contributed by atoms with Gasteiger partial charge in [-0.05, 0) is 96.1 Å². The Bertz CT molecular complexity index is 2780. The molecule has 0 aliphatic carbocycles. The number of fused-ring (bicyclic) bond motifs is 6. The summed E-state index contributed by atoms with van der Waals surface area (Å²) in [4.78, 5) is 2.37. The molecule has 0 aliphatic heterocycles. The van der Waals surface area contributed by atoms with E-state index in [2.05, 4.69) is 214 Å². The first kappa shape index (κ1) is 29.1. The van der Waals surface area contributed by atoms with Crippen molar-refractivity contribution < 1.29 is 0 Å². The zero-order valence-electron chi connectivity index (χ0n) is 27.9. The number of nitrogens with zero attached hydrogens (tertiary/aromatic N) is 3. The number of aromatic nitrogens is 2. The van der Waals surface area contributed by atoms with Gasteiger partial charge in [0.2, 0.25) is 0 Å². The molecule has 0 aliphatic rings. The molecule has 10 aromatic rings. The molecular weight excluding hydrogens is 619 g/mol. The standard InChI is InChI=1S/C48H33N3/c1-4-15-34(16-5-1)40-23-14-26-47-48(40)43-33-39(31-32-46(43)51(47)36-19-8-3-9-20-36)49(35-17-6-2-7-18-35)37-27-29-38(30-28-37)50-44-24-12-10-21-41(44)42-22-11-13-25-45(42)50/h1-33H. The molecule has 0 N–H and O–H groups in total. The van der Waals surface area contributed by atoms with Crippen molar-refractivity contribution >= 4 is 60.7 Å². The van der Waals surface area contributed by atoms with Gasteiger partial charge in [-0.15, -0.1) is 0 Å². The molecule has 3 heteroatoms. The summed E-state index contributed by atoms with van der Waals surface area (Å²) >= 11 is 0. The van der Waals surface area contributed by atoms with E-state index in [0.717, 1.165) is 28.4 Å². The molecule has 10 rings (SSSR count). The van der Waals surface area contributed by atoms with Crippen LogP contribution in [-0.2, 0) is 0 Å². The largest absolute Gasteiger partial charge is 0.310 e. The highest BCUT2D eigenvalue weighted by Gasteiger charge is 2.20. The zero-order valence-corrected chi connectivity index (χ0v) is 27.9. The molecule has 2 heterocycles. The number of para-hydroxylation sites is 4. The maximum atomic E-state index is 2.40. The molecule has 0 saturated heterocycles. The van der Waals surface area contributed by atoms with Crippen LogP contribution in [0.25, 0.3) is 66.1 Å². The third kappa shape index (κ3) is 4.74. The van der Waals surface area contributed by atoms with Gasteiger partial charge in [0.25, 0.3) is 0 Å². The summed E-state index contributed by atoms with van der Waals surface area (Å²) in [5.41, 5.74) is 12.8. The van der Waals surface area contributed by atoms with Gasteiger partial charge in [0, 0.05) is 50.0 Å². The van der Waals surface area contributed by atoms with Gasteiger partial charge >= 0.3 is 0 Å². The highest BCUT2D eigenvalue weighted by Crippen LogP contribution is 2.43. The van der Waals surface area contributed by atoms with Crippen molar-refractivity contribution in [1.82, 2.24) is 9.13 Å². The predicted octanol–water partition coefficient (Wildman–Crippen LogP) is 13.0. The SMILES string of the molecule is c1ccc(-c2cccc3c2c2cc(N(c4ccccc4)c4ccc(-n5c6ccccc6c6ccccc65)cc4)ccc2n3-c2ccccc2)cc1. The summed E-state index contributed by atoms with van der Waals surface area (Å²) in [6.45, 7) is 0. The lowest BCUT2D eigenvalue weighted by Crippen LogP contribution is -2.10. The first-order valence-electron chi connectivity index (χ1n) is 17.5. The maximum absolute atomic E-state index is 2.40. The van der Waals surface area contributed by atoms with Crippen LogP contribution in [-0.4, -0.2) is 9.13 Å². The molecule has 2 aromatic heterocycles. The van der Waals surface area contributed by atoms with E-state index in [1.165, 1.54) is 54.7 Å². The average molecular weight is 652 g/mol. The smallest absolute Gasteiger partial charge is 0.0547 e. The van der Waals surface area contributed by atoms with Crippen LogP contribution in [0.1, 0.15) is 0 Å². The highest BCUT2D eigenvalue weighted by molar-refractivity contribution is 6.17. The molecule has 240 valence electrons. The minimum atomic E-state index is 1.10. The van der Waals surface area contributed by atoms with Crippen molar-refractivity contribution in [1.29, 1.82) is 0 Å². The molecule has 0 amide bonds. The van der Waals surface area contributed by atoms with Gasteiger partial charge in [-0.1, -0.05) is 115 Å². The third-order valence-corrected chi connectivity index (χ3v) is 10.1. The zero-order chi connectivity index (χ0) is 33.7. The molecule has 0 fully saturated rings. The Balaban J connectivity index is 1.18. The maximum Gasteiger partial charge on any atom is 0.0547 e. The Morgan fingerprint density at radius 1 is 0.314 bits per heavy atom. The van der Waals surface area contributed by atoms with Crippen LogP contribution >= 0.6 is 0 Å². The second kappa shape index (κ2) is 11.9. The molecule has 3 nitrogen and oxygen atoms in total. The molecule has 8 aromatic carbocycles. The molecule has 0 spiro atoms. The molecule has 0 atom stereocenters. The van der Waals surface area contributed by atoms with Crippen molar-refractivity contribution in [3.63, 3.8) is 0 Å². The molecule has 0 bridgehead atoms. The quantitative estimate of drug-likeness (QED) is 0.174. The van der Waals surface area contributed by atoms with Gasteiger partial charge in [0.1, 0.15) is 0 Å². The Kier molecular flexibility index (Phi) is 6.81. The van der Waals surface area contributed by atoms with Gasteiger partial charge in [-0.25, -0.2) is 0 Å². The van der Waals surface area contributed by atoms with Crippen LogP contribution in [0.3, 0.4) is 0 Å². The molecule has 0 saturated carbocycles. The Morgan fingerprint density at radius 3 is 1.49 bits per heavy atom. The Morgan fingerprint density at radius 2 is 0.804 bits per heavy atom. The van der Waals surface area contributed by atoms with Gasteiger partial charge in [-0.2, -0.15) is 0 Å². The lowest BCUT2D eigenvalue weighted by Gasteiger charge is -2.26. The fourth-order valence-electron chi connectivity index (χ4n) is 7.89. The van der Waals surface area contributed by atoms with E-state index in [1.807, 2.05) is 0 Å². The fourth-order valence-corrected chi connectivity index (χ4v) is 7.89. The summed E-state index contributed by atoms with van der Waals surface area (Å²) in [6.07, 6.45) is 0. The number of rotatable bonds is 6. The van der Waals surface area contributed by atoms with Crippen molar-refractivity contribution in [2.45, 2.75) is 0 Å². The van der Waals surface area contributed by atoms with E-state index >= 15 is 0 Å². The van der Waals surface area contributed by atoms with Crippen LogP contribution in [0.5, 0.6) is 0 Å². The molecule has 51 heavy (non-hydrogen) atoms. The number of hydrogen-bond acceptors (Lipinski definition) is 1. The number of benzene rings is 8. The summed E-state index contributed by atoms with van der Waals surface area (Å²) in [5.74, 6) is 0. The minimum absolute atomic E-state index is 1.10. The Labute approximate surface area is 296 Å². The van der Waals surface area contributed by atoms with Crippen LogP contribution in [0, 0.1) is 0 Å². The number of anilines is 3. The summed E-state index contributed by atoms with van der Waals surface area (Å²) in [6, 6.07) is 72.0. The lowest BCUT2D eigenvalue weighted by molar-refractivity contribution is 1.17. The summed E-state index contributed by atoms with van der Waals surface area (Å²) < 4.78 is 4.77. The molecule has 0 radical (unpaired) electrons. The van der Waals surface area contributed by atoms with E-state index in [9.17, 15) is 0 Å². The van der Waals surface area contributed by atoms with E-state index in [4.69, 9.17) is 0 Å². The molecule has 0 unspecified atom stereocenters. The van der Waals surface area contributed by atoms with E-state index in [1.54, 1.807) is 0 Å². The van der Waals surface area contributed by atoms with Gasteiger partial charge in [0.05, 0.1) is 22.1 Å². The van der Waals surface area contributed by atoms with Gasteiger partial charge in [-0.3, -0.25) is 0 Å². The van der Waals surface area contributed by atoms with E-state index in [0.29, 0.717) is 0 Å². The highest BCUT2D eigenvalue weighted by atomic mass is 15.1. The topological polar surface area (TPSA) is 13.1 Å². The second-order valence-corrected chi connectivity index (χ2v) is 13.0. The normalized spacial score (nSPS) is 11.5. The Hall–Kier alpha value is -6.84. The summed E-state index contributed by atoms with van der Waals surface area (Å²) in [7, 11) is 0. The lowest BCUT2D eigenvalue weighted by atomic mass is 9.99. The van der Waals surface area contributed by atoms with Gasteiger partial charge < -0.3 is 14.0 Å². The fraction of sp³-hybridized carbons (Fsp3) is 0. The second-order valence-electron chi connectivity index (χ2n) is 13.0. The van der Waals surface area contributed by atoms with Crippen molar-refractivity contribution in [2.75, 3.05) is 4.90 Å². The van der Waals surface area contributed by atoms with Crippen molar-refractivity contribution in [3.8, 4) is 22.5 Å². The monoisotopic (exact) mass is 651 g/mol. The first-order valence-corrected chi connectivity index (χ1v) is 17.5. The molecular formula is C48H33N3. The van der Waals surface area contributed by atoms with E-state index < -0.39 is 0 Å². The van der Waals surface area contributed by atoms with Crippen LogP contribution in [0.2, 0.25) is 0 Å². The number of hydrogen-bond donors (Lipinski definition) is 0. The van der Waals surface area contributed by atoms with Crippen LogP contribution < -0.4 is 4.90 Å². The van der Waals surface area contributed by atoms with Crippen molar-refractivity contribution in [3.05, 3.63) is 200 Å². The first-order chi connectivity index (χ1) is 25.3. The van der Waals surface area contributed by atoms with Crippen LogP contribution in [0.4, 0.5) is 17.1 Å². The average Bonchev–Trinajstić information content (AvgIpc) is 3.72. The summed E-state index contributed by atoms with van der Waals surface area (Å²) in [5, 5.41) is 5.00. The van der Waals surface area contributed by atoms with Crippen molar-refractivity contribution in [2.24, 2.45) is 0 Å².